The maximum Gasteiger partial charge on any atom is 0.387 e. The summed E-state index contributed by atoms with van der Waals surface area (Å²) in [5.74, 6) is -0.913. The molecule has 114 valence electrons. The summed E-state index contributed by atoms with van der Waals surface area (Å²) in [5.41, 5.74) is 0.941. The van der Waals surface area contributed by atoms with Crippen LogP contribution in [0.25, 0.3) is 6.08 Å². The Morgan fingerprint density at radius 3 is 2.45 bits per heavy atom. The number of esters is 1. The Balaban J connectivity index is 1.94. The lowest BCUT2D eigenvalue weighted by molar-refractivity contribution is -0.0504. The van der Waals surface area contributed by atoms with E-state index < -0.39 is 12.6 Å². The van der Waals surface area contributed by atoms with E-state index in [0.29, 0.717) is 0 Å². The van der Waals surface area contributed by atoms with E-state index in [9.17, 15) is 13.6 Å². The smallest absolute Gasteiger partial charge is 0.387 e. The van der Waals surface area contributed by atoms with Gasteiger partial charge in [0, 0.05) is 0 Å². The number of ether oxygens (including phenoxy) is 2. The minimum atomic E-state index is -2.99. The topological polar surface area (TPSA) is 35.5 Å². The van der Waals surface area contributed by atoms with Gasteiger partial charge in [0.05, 0.1) is 0 Å². The SMILES string of the molecule is O=C(OC/C=C/c1ccccc1)c1ccccc1OC(F)F. The van der Waals surface area contributed by atoms with E-state index in [2.05, 4.69) is 4.74 Å². The van der Waals surface area contributed by atoms with Gasteiger partial charge < -0.3 is 9.47 Å². The third kappa shape index (κ3) is 4.70. The number of hydrogen-bond acceptors (Lipinski definition) is 3. The highest BCUT2D eigenvalue weighted by molar-refractivity contribution is 5.92. The fraction of sp³-hybridized carbons (Fsp3) is 0.118. The van der Waals surface area contributed by atoms with Crippen molar-refractivity contribution in [2.75, 3.05) is 6.61 Å². The van der Waals surface area contributed by atoms with Crippen LogP contribution in [0.4, 0.5) is 8.78 Å². The largest absolute Gasteiger partial charge is 0.458 e. The average molecular weight is 304 g/mol. The molecule has 0 aromatic heterocycles. The van der Waals surface area contributed by atoms with Gasteiger partial charge in [-0.3, -0.25) is 0 Å². The molecule has 0 saturated heterocycles. The van der Waals surface area contributed by atoms with Crippen molar-refractivity contribution in [3.63, 3.8) is 0 Å². The lowest BCUT2D eigenvalue weighted by Crippen LogP contribution is -2.10. The second kappa shape index (κ2) is 7.93. The molecular formula is C17H14F2O3. The molecule has 0 radical (unpaired) electrons. The molecule has 0 amide bonds. The number of alkyl halides is 2. The van der Waals surface area contributed by atoms with Gasteiger partial charge in [0.2, 0.25) is 0 Å². The summed E-state index contributed by atoms with van der Waals surface area (Å²) >= 11 is 0. The predicted molar refractivity (Wildman–Crippen MR) is 78.8 cm³/mol. The van der Waals surface area contributed by atoms with Crippen molar-refractivity contribution in [3.05, 3.63) is 71.8 Å². The third-order valence-electron chi connectivity index (χ3n) is 2.74. The molecule has 0 spiro atoms. The lowest BCUT2D eigenvalue weighted by Gasteiger charge is -2.09. The van der Waals surface area contributed by atoms with Crippen molar-refractivity contribution in [3.8, 4) is 5.75 Å². The molecule has 0 fully saturated rings. The molecule has 0 heterocycles. The number of benzene rings is 2. The molecule has 0 unspecified atom stereocenters. The van der Waals surface area contributed by atoms with Gasteiger partial charge >= 0.3 is 12.6 Å². The Morgan fingerprint density at radius 1 is 1.05 bits per heavy atom. The van der Waals surface area contributed by atoms with Crippen molar-refractivity contribution in [2.45, 2.75) is 6.61 Å². The molecule has 0 N–H and O–H groups in total. The van der Waals surface area contributed by atoms with Crippen LogP contribution in [0.2, 0.25) is 0 Å². The summed E-state index contributed by atoms with van der Waals surface area (Å²) in [5, 5.41) is 0. The van der Waals surface area contributed by atoms with Crippen LogP contribution in [-0.2, 0) is 4.74 Å². The molecule has 0 aliphatic rings. The highest BCUT2D eigenvalue weighted by atomic mass is 19.3. The number of carbonyl (C=O) groups excluding carboxylic acids is 1. The zero-order valence-corrected chi connectivity index (χ0v) is 11.6. The van der Waals surface area contributed by atoms with Crippen molar-refractivity contribution in [1.82, 2.24) is 0 Å². The Bertz CT molecular complexity index is 639. The molecule has 2 aromatic rings. The first kappa shape index (κ1) is 15.7. The van der Waals surface area contributed by atoms with Crippen LogP contribution in [0.3, 0.4) is 0 Å². The van der Waals surface area contributed by atoms with E-state index in [1.807, 2.05) is 30.3 Å². The molecule has 0 aliphatic heterocycles. The van der Waals surface area contributed by atoms with E-state index in [4.69, 9.17) is 4.74 Å². The molecule has 0 bridgehead atoms. The van der Waals surface area contributed by atoms with E-state index in [1.54, 1.807) is 18.2 Å². The summed E-state index contributed by atoms with van der Waals surface area (Å²) in [7, 11) is 0. The van der Waals surface area contributed by atoms with Crippen molar-refractivity contribution >= 4 is 12.0 Å². The van der Waals surface area contributed by atoms with Crippen molar-refractivity contribution in [2.24, 2.45) is 0 Å². The standard InChI is InChI=1S/C17H14F2O3/c18-17(19)22-15-11-5-4-10-14(15)16(20)21-12-6-9-13-7-2-1-3-8-13/h1-11,17H,12H2/b9-6+. The molecule has 0 atom stereocenters. The highest BCUT2D eigenvalue weighted by Gasteiger charge is 2.15. The van der Waals surface area contributed by atoms with Crippen LogP contribution >= 0.6 is 0 Å². The van der Waals surface area contributed by atoms with Crippen LogP contribution in [0, 0.1) is 0 Å². The van der Waals surface area contributed by atoms with Crippen molar-refractivity contribution in [1.29, 1.82) is 0 Å². The molecule has 2 aromatic carbocycles. The highest BCUT2D eigenvalue weighted by Crippen LogP contribution is 2.21. The number of hydrogen-bond donors (Lipinski definition) is 0. The van der Waals surface area contributed by atoms with E-state index >= 15 is 0 Å². The molecule has 0 saturated carbocycles. The Morgan fingerprint density at radius 2 is 1.73 bits per heavy atom. The summed E-state index contributed by atoms with van der Waals surface area (Å²) in [6.07, 6.45) is 3.47. The first-order chi connectivity index (χ1) is 10.7. The van der Waals surface area contributed by atoms with Crippen LogP contribution in [0.15, 0.2) is 60.7 Å². The molecule has 0 aliphatic carbocycles. The van der Waals surface area contributed by atoms with Crippen molar-refractivity contribution < 1.29 is 23.0 Å². The monoisotopic (exact) mass is 304 g/mol. The first-order valence-electron chi connectivity index (χ1n) is 6.59. The summed E-state index contributed by atoms with van der Waals surface area (Å²) in [6.45, 7) is -2.96. The third-order valence-corrected chi connectivity index (χ3v) is 2.74. The molecule has 2 rings (SSSR count). The van der Waals surface area contributed by atoms with Gasteiger partial charge in [-0.05, 0) is 23.8 Å². The molecule has 3 nitrogen and oxygen atoms in total. The molecule has 5 heteroatoms. The van der Waals surface area contributed by atoms with Gasteiger partial charge in [-0.15, -0.1) is 0 Å². The number of carbonyl (C=O) groups is 1. The minimum Gasteiger partial charge on any atom is -0.458 e. The quantitative estimate of drug-likeness (QED) is 0.752. The maximum atomic E-state index is 12.3. The fourth-order valence-corrected chi connectivity index (χ4v) is 1.78. The van der Waals surface area contributed by atoms with Gasteiger partial charge in [0.15, 0.2) is 0 Å². The van der Waals surface area contributed by atoms with Crippen LogP contribution in [0.1, 0.15) is 15.9 Å². The number of para-hydroxylation sites is 1. The van der Waals surface area contributed by atoms with Gasteiger partial charge in [-0.25, -0.2) is 4.79 Å². The first-order valence-corrected chi connectivity index (χ1v) is 6.59. The van der Waals surface area contributed by atoms with Crippen LogP contribution < -0.4 is 4.74 Å². The summed E-state index contributed by atoms with van der Waals surface area (Å²) < 4.78 is 33.9. The molecule has 22 heavy (non-hydrogen) atoms. The van der Waals surface area contributed by atoms with E-state index in [0.717, 1.165) is 5.56 Å². The lowest BCUT2D eigenvalue weighted by atomic mass is 10.2. The summed E-state index contributed by atoms with van der Waals surface area (Å²) in [4.78, 5) is 11.9. The van der Waals surface area contributed by atoms with Crippen LogP contribution in [0.5, 0.6) is 5.75 Å². The average Bonchev–Trinajstić information content (AvgIpc) is 2.52. The van der Waals surface area contributed by atoms with E-state index in [-0.39, 0.29) is 17.9 Å². The van der Waals surface area contributed by atoms with E-state index in [1.165, 1.54) is 18.2 Å². The molecular weight excluding hydrogens is 290 g/mol. The minimum absolute atomic E-state index is 0.0316. The Hall–Kier alpha value is -2.69. The zero-order valence-electron chi connectivity index (χ0n) is 11.6. The van der Waals surface area contributed by atoms with Crippen LogP contribution in [-0.4, -0.2) is 19.2 Å². The number of rotatable bonds is 6. The van der Waals surface area contributed by atoms with Gasteiger partial charge in [-0.1, -0.05) is 48.5 Å². The van der Waals surface area contributed by atoms with Gasteiger partial charge in [-0.2, -0.15) is 8.78 Å². The Kier molecular flexibility index (Phi) is 5.65. The Labute approximate surface area is 126 Å². The second-order valence-corrected chi connectivity index (χ2v) is 4.29. The number of halogens is 2. The normalized spacial score (nSPS) is 10.9. The maximum absolute atomic E-state index is 12.3. The predicted octanol–water partition coefficient (Wildman–Crippen LogP) is 4.16. The fourth-order valence-electron chi connectivity index (χ4n) is 1.78. The van der Waals surface area contributed by atoms with Gasteiger partial charge in [0.1, 0.15) is 17.9 Å². The zero-order chi connectivity index (χ0) is 15.8. The summed E-state index contributed by atoms with van der Waals surface area (Å²) in [6, 6.07) is 15.2. The second-order valence-electron chi connectivity index (χ2n) is 4.29. The van der Waals surface area contributed by atoms with Gasteiger partial charge in [0.25, 0.3) is 0 Å².